The molecule has 1 saturated carbocycles. The third kappa shape index (κ3) is 3.47. The van der Waals surface area contributed by atoms with Crippen LogP contribution in [0.15, 0.2) is 54.9 Å². The third-order valence-electron chi connectivity index (χ3n) is 5.18. The second-order valence-corrected chi connectivity index (χ2v) is 7.31. The zero-order chi connectivity index (χ0) is 20.5. The van der Waals surface area contributed by atoms with Crippen molar-refractivity contribution in [3.05, 3.63) is 71.9 Å². The Hall–Kier alpha value is -3.81. The topological polar surface area (TPSA) is 101 Å². The Balaban J connectivity index is 1.33. The maximum Gasteiger partial charge on any atom is 0.259 e. The van der Waals surface area contributed by atoms with Gasteiger partial charge >= 0.3 is 0 Å². The number of nitrogens with one attached hydrogen (secondary N) is 2. The number of pyridine rings is 1. The minimum atomic E-state index is -0.198. The van der Waals surface area contributed by atoms with Crippen molar-refractivity contribution >= 4 is 11.6 Å². The molecule has 0 radical (unpaired) electrons. The Kier molecular flexibility index (Phi) is 4.59. The normalized spacial score (nSPS) is 13.4. The second kappa shape index (κ2) is 7.55. The molecule has 150 valence electrons. The smallest absolute Gasteiger partial charge is 0.259 e. The molecule has 8 heteroatoms. The number of amides is 1. The fourth-order valence-corrected chi connectivity index (χ4v) is 3.42. The van der Waals surface area contributed by atoms with Crippen molar-refractivity contribution in [1.82, 2.24) is 29.9 Å². The van der Waals surface area contributed by atoms with E-state index in [1.54, 1.807) is 17.1 Å². The van der Waals surface area contributed by atoms with Crippen LogP contribution in [0.25, 0.3) is 17.2 Å². The van der Waals surface area contributed by atoms with E-state index in [1.807, 2.05) is 49.4 Å². The summed E-state index contributed by atoms with van der Waals surface area (Å²) in [6, 6.07) is 13.1. The molecule has 0 atom stereocenters. The summed E-state index contributed by atoms with van der Waals surface area (Å²) in [5.74, 6) is 2.66. The standard InChI is InChI=1S/C22H21N7O/c1-2-18-17(13-24-29(18)19-5-3-4-12-23-19)22(30)25-16-10-8-15(9-11-16)21-26-20(27-28-21)14-6-7-14/h3-5,8-14H,2,6-7H2,1H3,(H,25,30)(H,26,27,28). The van der Waals surface area contributed by atoms with E-state index in [4.69, 9.17) is 0 Å². The van der Waals surface area contributed by atoms with Crippen LogP contribution >= 0.6 is 0 Å². The number of rotatable bonds is 6. The Labute approximate surface area is 173 Å². The van der Waals surface area contributed by atoms with Crippen molar-refractivity contribution in [3.63, 3.8) is 0 Å². The number of anilines is 1. The zero-order valence-corrected chi connectivity index (χ0v) is 16.5. The fourth-order valence-electron chi connectivity index (χ4n) is 3.42. The molecular formula is C22H21N7O. The fraction of sp³-hybridized carbons (Fsp3) is 0.227. The van der Waals surface area contributed by atoms with E-state index in [0.29, 0.717) is 35.2 Å². The molecule has 2 N–H and O–H groups in total. The first-order valence-electron chi connectivity index (χ1n) is 10.1. The minimum absolute atomic E-state index is 0.198. The summed E-state index contributed by atoms with van der Waals surface area (Å²) in [5.41, 5.74) is 2.97. The van der Waals surface area contributed by atoms with Crippen molar-refractivity contribution in [2.45, 2.75) is 32.1 Å². The maximum absolute atomic E-state index is 12.9. The summed E-state index contributed by atoms with van der Waals surface area (Å²) >= 11 is 0. The van der Waals surface area contributed by atoms with Crippen LogP contribution in [-0.2, 0) is 6.42 Å². The highest BCUT2D eigenvalue weighted by Crippen LogP contribution is 2.38. The molecule has 5 rings (SSSR count). The summed E-state index contributed by atoms with van der Waals surface area (Å²) in [5, 5.41) is 14.6. The van der Waals surface area contributed by atoms with Crippen LogP contribution in [0.3, 0.4) is 0 Å². The van der Waals surface area contributed by atoms with Crippen molar-refractivity contribution in [2.75, 3.05) is 5.32 Å². The molecule has 30 heavy (non-hydrogen) atoms. The number of carbonyl (C=O) groups excluding carboxylic acids is 1. The van der Waals surface area contributed by atoms with Gasteiger partial charge in [0, 0.05) is 23.4 Å². The monoisotopic (exact) mass is 399 g/mol. The largest absolute Gasteiger partial charge is 0.322 e. The van der Waals surface area contributed by atoms with Gasteiger partial charge in [-0.15, -0.1) is 0 Å². The molecule has 8 nitrogen and oxygen atoms in total. The number of benzene rings is 1. The highest BCUT2D eigenvalue weighted by atomic mass is 16.1. The Morgan fingerprint density at radius 1 is 1.20 bits per heavy atom. The molecule has 1 aliphatic carbocycles. The van der Waals surface area contributed by atoms with E-state index >= 15 is 0 Å². The van der Waals surface area contributed by atoms with Gasteiger partial charge in [-0.05, 0) is 55.7 Å². The first kappa shape index (κ1) is 18.2. The summed E-state index contributed by atoms with van der Waals surface area (Å²) in [6.45, 7) is 1.99. The van der Waals surface area contributed by atoms with Gasteiger partial charge in [0.15, 0.2) is 11.6 Å². The molecule has 0 bridgehead atoms. The Morgan fingerprint density at radius 3 is 2.73 bits per heavy atom. The number of carbonyl (C=O) groups is 1. The van der Waals surface area contributed by atoms with Crippen molar-refractivity contribution in [3.8, 4) is 17.2 Å². The number of hydrogen-bond donors (Lipinski definition) is 2. The molecular weight excluding hydrogens is 378 g/mol. The van der Waals surface area contributed by atoms with Crippen LogP contribution in [0.5, 0.6) is 0 Å². The molecule has 1 fully saturated rings. The quantitative estimate of drug-likeness (QED) is 0.514. The predicted octanol–water partition coefficient (Wildman–Crippen LogP) is 3.74. The van der Waals surface area contributed by atoms with Gasteiger partial charge in [-0.2, -0.15) is 10.2 Å². The molecule has 0 unspecified atom stereocenters. The SMILES string of the molecule is CCc1c(C(=O)Nc2ccc(-c3n[nH]c(C4CC4)n3)cc2)cnn1-c1ccccn1. The van der Waals surface area contributed by atoms with E-state index in [9.17, 15) is 4.79 Å². The average molecular weight is 399 g/mol. The Morgan fingerprint density at radius 2 is 2.03 bits per heavy atom. The summed E-state index contributed by atoms with van der Waals surface area (Å²) in [6.07, 6.45) is 6.31. The number of nitrogens with zero attached hydrogens (tertiary/aromatic N) is 5. The number of aromatic amines is 1. The summed E-state index contributed by atoms with van der Waals surface area (Å²) < 4.78 is 1.71. The molecule has 4 aromatic rings. The molecule has 0 spiro atoms. The molecule has 3 heterocycles. The minimum Gasteiger partial charge on any atom is -0.322 e. The zero-order valence-electron chi connectivity index (χ0n) is 16.5. The number of H-pyrrole nitrogens is 1. The lowest BCUT2D eigenvalue weighted by Crippen LogP contribution is -2.14. The van der Waals surface area contributed by atoms with E-state index in [1.165, 1.54) is 12.8 Å². The predicted molar refractivity (Wildman–Crippen MR) is 112 cm³/mol. The van der Waals surface area contributed by atoms with E-state index in [2.05, 4.69) is 30.6 Å². The van der Waals surface area contributed by atoms with E-state index in [0.717, 1.165) is 17.1 Å². The van der Waals surface area contributed by atoms with Crippen LogP contribution in [0.4, 0.5) is 5.69 Å². The lowest BCUT2D eigenvalue weighted by atomic mass is 10.1. The average Bonchev–Trinajstić information content (AvgIpc) is 3.35. The molecule has 1 amide bonds. The second-order valence-electron chi connectivity index (χ2n) is 7.31. The van der Waals surface area contributed by atoms with E-state index in [-0.39, 0.29) is 5.91 Å². The van der Waals surface area contributed by atoms with Crippen LogP contribution in [-0.4, -0.2) is 35.9 Å². The van der Waals surface area contributed by atoms with Gasteiger partial charge in [0.25, 0.3) is 5.91 Å². The van der Waals surface area contributed by atoms with Crippen molar-refractivity contribution in [2.24, 2.45) is 0 Å². The van der Waals surface area contributed by atoms with Gasteiger partial charge in [-0.3, -0.25) is 9.89 Å². The molecule has 0 saturated heterocycles. The summed E-state index contributed by atoms with van der Waals surface area (Å²) in [4.78, 5) is 21.8. The van der Waals surface area contributed by atoms with Gasteiger partial charge in [-0.25, -0.2) is 14.6 Å². The lowest BCUT2D eigenvalue weighted by molar-refractivity contribution is 0.102. The van der Waals surface area contributed by atoms with E-state index < -0.39 is 0 Å². The molecule has 0 aliphatic heterocycles. The first-order valence-corrected chi connectivity index (χ1v) is 10.1. The summed E-state index contributed by atoms with van der Waals surface area (Å²) in [7, 11) is 0. The van der Waals surface area contributed by atoms with Crippen LogP contribution in [0.1, 0.15) is 47.6 Å². The van der Waals surface area contributed by atoms with Gasteiger partial charge in [0.2, 0.25) is 0 Å². The molecule has 1 aromatic carbocycles. The molecule has 3 aromatic heterocycles. The number of hydrogen-bond acceptors (Lipinski definition) is 5. The highest BCUT2D eigenvalue weighted by molar-refractivity contribution is 6.05. The molecule has 1 aliphatic rings. The van der Waals surface area contributed by atoms with Crippen LogP contribution in [0, 0.1) is 0 Å². The van der Waals surface area contributed by atoms with Gasteiger partial charge < -0.3 is 5.32 Å². The van der Waals surface area contributed by atoms with Crippen molar-refractivity contribution < 1.29 is 4.79 Å². The maximum atomic E-state index is 12.9. The lowest BCUT2D eigenvalue weighted by Gasteiger charge is -2.08. The van der Waals surface area contributed by atoms with Crippen LogP contribution < -0.4 is 5.32 Å². The van der Waals surface area contributed by atoms with Crippen LogP contribution in [0.2, 0.25) is 0 Å². The van der Waals surface area contributed by atoms with Gasteiger partial charge in [-0.1, -0.05) is 13.0 Å². The first-order chi connectivity index (χ1) is 14.7. The van der Waals surface area contributed by atoms with Gasteiger partial charge in [0.05, 0.1) is 17.5 Å². The van der Waals surface area contributed by atoms with Gasteiger partial charge in [0.1, 0.15) is 5.82 Å². The third-order valence-corrected chi connectivity index (χ3v) is 5.18. The van der Waals surface area contributed by atoms with Crippen molar-refractivity contribution in [1.29, 1.82) is 0 Å². The Bertz CT molecular complexity index is 1170. The number of aromatic nitrogens is 6. The highest BCUT2D eigenvalue weighted by Gasteiger charge is 2.27.